The van der Waals surface area contributed by atoms with E-state index in [1.807, 2.05) is 18.3 Å². The first-order valence-corrected chi connectivity index (χ1v) is 7.09. The lowest BCUT2D eigenvalue weighted by molar-refractivity contribution is 0.102. The van der Waals surface area contributed by atoms with Crippen molar-refractivity contribution in [1.29, 1.82) is 0 Å². The predicted molar refractivity (Wildman–Crippen MR) is 73.5 cm³/mol. The summed E-state index contributed by atoms with van der Waals surface area (Å²) in [7, 11) is 0. The van der Waals surface area contributed by atoms with Crippen molar-refractivity contribution in [3.63, 3.8) is 0 Å². The predicted octanol–water partition coefficient (Wildman–Crippen LogP) is 3.45. The molecule has 0 radical (unpaired) electrons. The first kappa shape index (κ1) is 13.3. The Hall–Kier alpha value is -1.09. The number of rotatable bonds is 4. The molecule has 0 saturated heterocycles. The van der Waals surface area contributed by atoms with E-state index in [1.54, 1.807) is 0 Å². The van der Waals surface area contributed by atoms with Crippen LogP contribution in [0.2, 0.25) is 0 Å². The second-order valence-electron chi connectivity index (χ2n) is 5.35. The number of hydrogen-bond acceptors (Lipinski definition) is 3. The molecule has 3 heteroatoms. The molecule has 1 heterocycles. The van der Waals surface area contributed by atoms with Gasteiger partial charge in [0, 0.05) is 6.04 Å². The number of ether oxygens (including phenoxy) is 1. The van der Waals surface area contributed by atoms with Gasteiger partial charge in [-0.25, -0.2) is 0 Å². The van der Waals surface area contributed by atoms with Crippen molar-refractivity contribution in [3.05, 3.63) is 24.0 Å². The molecule has 18 heavy (non-hydrogen) atoms. The zero-order valence-corrected chi connectivity index (χ0v) is 11.4. The molecular weight excluding hydrogens is 224 g/mol. The van der Waals surface area contributed by atoms with Crippen molar-refractivity contribution >= 4 is 0 Å². The highest BCUT2D eigenvalue weighted by atomic mass is 16.5. The Balaban J connectivity index is 1.97. The largest absolute Gasteiger partial charge is 0.489 e. The summed E-state index contributed by atoms with van der Waals surface area (Å²) in [6.45, 7) is 4.35. The van der Waals surface area contributed by atoms with E-state index < -0.39 is 0 Å². The summed E-state index contributed by atoms with van der Waals surface area (Å²) >= 11 is 0. The van der Waals surface area contributed by atoms with Gasteiger partial charge in [-0.3, -0.25) is 4.98 Å². The van der Waals surface area contributed by atoms with Crippen LogP contribution in [-0.2, 0) is 0 Å². The molecule has 100 valence electrons. The Bertz CT molecular complexity index is 363. The van der Waals surface area contributed by atoms with Crippen LogP contribution in [-0.4, -0.2) is 11.1 Å². The Labute approximate surface area is 110 Å². The van der Waals surface area contributed by atoms with Crippen LogP contribution in [0, 0.1) is 5.92 Å². The fourth-order valence-corrected chi connectivity index (χ4v) is 2.52. The number of nitrogens with zero attached hydrogens (tertiary/aromatic N) is 1. The lowest BCUT2D eigenvalue weighted by atomic mass is 9.88. The topological polar surface area (TPSA) is 48.1 Å². The lowest BCUT2D eigenvalue weighted by Gasteiger charge is -2.29. The van der Waals surface area contributed by atoms with Gasteiger partial charge >= 0.3 is 0 Å². The van der Waals surface area contributed by atoms with Crippen molar-refractivity contribution in [1.82, 2.24) is 4.98 Å². The third kappa shape index (κ3) is 3.22. The second kappa shape index (κ2) is 6.19. The zero-order chi connectivity index (χ0) is 13.0. The molecule has 3 atom stereocenters. The van der Waals surface area contributed by atoms with Gasteiger partial charge in [0.1, 0.15) is 11.9 Å². The molecule has 2 unspecified atom stereocenters. The lowest BCUT2D eigenvalue weighted by Crippen LogP contribution is -2.28. The molecule has 0 bridgehead atoms. The number of pyridine rings is 1. The van der Waals surface area contributed by atoms with E-state index in [9.17, 15) is 0 Å². The fourth-order valence-electron chi connectivity index (χ4n) is 2.52. The van der Waals surface area contributed by atoms with Gasteiger partial charge in [0.25, 0.3) is 0 Å². The molecule has 0 spiro atoms. The SMILES string of the molecule is CC[C@H](N)c1ccc(OC2CCCCC2C)cn1. The maximum atomic E-state index is 6.03. The summed E-state index contributed by atoms with van der Waals surface area (Å²) in [5, 5.41) is 0. The monoisotopic (exact) mass is 248 g/mol. The molecule has 2 rings (SSSR count). The molecule has 0 aliphatic heterocycles. The average molecular weight is 248 g/mol. The fraction of sp³-hybridized carbons (Fsp3) is 0.667. The van der Waals surface area contributed by atoms with Crippen LogP contribution in [0.15, 0.2) is 18.3 Å². The molecule has 1 aromatic rings. The van der Waals surface area contributed by atoms with Crippen molar-refractivity contribution < 1.29 is 4.74 Å². The third-order valence-electron chi connectivity index (χ3n) is 3.90. The van der Waals surface area contributed by atoms with E-state index in [0.29, 0.717) is 12.0 Å². The minimum atomic E-state index is 0.0349. The van der Waals surface area contributed by atoms with Gasteiger partial charge in [-0.15, -0.1) is 0 Å². The first-order chi connectivity index (χ1) is 8.70. The average Bonchev–Trinajstić information content (AvgIpc) is 2.41. The van der Waals surface area contributed by atoms with Gasteiger partial charge in [0.2, 0.25) is 0 Å². The molecule has 2 N–H and O–H groups in total. The van der Waals surface area contributed by atoms with Gasteiger partial charge in [0.05, 0.1) is 11.9 Å². The van der Waals surface area contributed by atoms with Crippen molar-refractivity contribution in [2.24, 2.45) is 11.7 Å². The summed E-state index contributed by atoms with van der Waals surface area (Å²) in [4.78, 5) is 4.39. The molecule has 3 nitrogen and oxygen atoms in total. The number of aromatic nitrogens is 1. The van der Waals surface area contributed by atoms with Crippen LogP contribution in [0.1, 0.15) is 57.7 Å². The summed E-state index contributed by atoms with van der Waals surface area (Å²) < 4.78 is 6.03. The molecule has 0 amide bonds. The molecule has 1 aromatic heterocycles. The van der Waals surface area contributed by atoms with Crippen LogP contribution < -0.4 is 10.5 Å². The number of nitrogens with two attached hydrogens (primary N) is 1. The van der Waals surface area contributed by atoms with E-state index in [4.69, 9.17) is 10.5 Å². The molecule has 1 saturated carbocycles. The van der Waals surface area contributed by atoms with E-state index in [-0.39, 0.29) is 6.04 Å². The minimum Gasteiger partial charge on any atom is -0.489 e. The standard InChI is InChI=1S/C15H24N2O/c1-3-13(16)14-9-8-12(10-17-14)18-15-7-5-4-6-11(15)2/h8-11,13,15H,3-7,16H2,1-2H3/t11?,13-,15?/m0/s1. The minimum absolute atomic E-state index is 0.0349. The number of hydrogen-bond donors (Lipinski definition) is 1. The van der Waals surface area contributed by atoms with E-state index in [1.165, 1.54) is 19.3 Å². The quantitative estimate of drug-likeness (QED) is 0.887. The van der Waals surface area contributed by atoms with Crippen LogP contribution >= 0.6 is 0 Å². The summed E-state index contributed by atoms with van der Waals surface area (Å²) in [5.41, 5.74) is 6.89. The van der Waals surface area contributed by atoms with Gasteiger partial charge in [-0.05, 0) is 43.7 Å². The van der Waals surface area contributed by atoms with E-state index in [2.05, 4.69) is 18.8 Å². The summed E-state index contributed by atoms with van der Waals surface area (Å²) in [6.07, 6.45) is 8.13. The van der Waals surface area contributed by atoms with Gasteiger partial charge < -0.3 is 10.5 Å². The van der Waals surface area contributed by atoms with Crippen LogP contribution in [0.4, 0.5) is 0 Å². The van der Waals surface area contributed by atoms with Crippen molar-refractivity contribution in [2.75, 3.05) is 0 Å². The summed E-state index contributed by atoms with van der Waals surface area (Å²) in [5.74, 6) is 1.53. The van der Waals surface area contributed by atoms with Gasteiger partial charge in [-0.1, -0.05) is 20.3 Å². The maximum Gasteiger partial charge on any atom is 0.138 e. The molecular formula is C15H24N2O. The van der Waals surface area contributed by atoms with Gasteiger partial charge in [-0.2, -0.15) is 0 Å². The van der Waals surface area contributed by atoms with Crippen LogP contribution in [0.25, 0.3) is 0 Å². The van der Waals surface area contributed by atoms with Crippen LogP contribution in [0.3, 0.4) is 0 Å². The molecule has 0 aromatic carbocycles. The molecule has 1 fully saturated rings. The highest BCUT2D eigenvalue weighted by Crippen LogP contribution is 2.28. The Morgan fingerprint density at radius 2 is 2.17 bits per heavy atom. The van der Waals surface area contributed by atoms with Gasteiger partial charge in [0.15, 0.2) is 0 Å². The highest BCUT2D eigenvalue weighted by molar-refractivity contribution is 5.21. The van der Waals surface area contributed by atoms with Crippen molar-refractivity contribution in [2.45, 2.75) is 58.1 Å². The zero-order valence-electron chi connectivity index (χ0n) is 11.4. The normalized spacial score (nSPS) is 25.7. The molecule has 1 aliphatic rings. The highest BCUT2D eigenvalue weighted by Gasteiger charge is 2.22. The Kier molecular flexibility index (Phi) is 4.59. The van der Waals surface area contributed by atoms with Crippen molar-refractivity contribution in [3.8, 4) is 5.75 Å². The maximum absolute atomic E-state index is 6.03. The molecule has 1 aliphatic carbocycles. The summed E-state index contributed by atoms with van der Waals surface area (Å²) in [6, 6.07) is 4.02. The second-order valence-corrected chi connectivity index (χ2v) is 5.35. The smallest absolute Gasteiger partial charge is 0.138 e. The first-order valence-electron chi connectivity index (χ1n) is 7.09. The Morgan fingerprint density at radius 1 is 1.39 bits per heavy atom. The Morgan fingerprint density at radius 3 is 2.78 bits per heavy atom. The van der Waals surface area contributed by atoms with E-state index >= 15 is 0 Å². The third-order valence-corrected chi connectivity index (χ3v) is 3.90. The van der Waals surface area contributed by atoms with Crippen LogP contribution in [0.5, 0.6) is 5.75 Å². The van der Waals surface area contributed by atoms with E-state index in [0.717, 1.165) is 24.3 Å².